The summed E-state index contributed by atoms with van der Waals surface area (Å²) in [7, 11) is 0. The highest BCUT2D eigenvalue weighted by atomic mass is 35.5. The molecule has 2 aromatic heterocycles. The molecule has 0 saturated heterocycles. The number of alkyl halides is 3. The Labute approximate surface area is 232 Å². The van der Waals surface area contributed by atoms with E-state index in [-0.39, 0.29) is 33.5 Å². The van der Waals surface area contributed by atoms with E-state index in [1.165, 1.54) is 30.6 Å². The lowest BCUT2D eigenvalue weighted by Gasteiger charge is -2.19. The molecule has 0 spiro atoms. The number of carbonyl (C=O) groups is 2. The molecule has 13 heteroatoms. The SMILES string of the molecule is O=C(Nc1cc(-c2cnc3nccn3c2)cc2c1[C@@H](c1cc(F)ccc1Cl)NC2=O)c1cc(F)cc(C(F)(F)F)c1. The zero-order valence-electron chi connectivity index (χ0n) is 20.4. The van der Waals surface area contributed by atoms with Gasteiger partial charge in [-0.2, -0.15) is 13.2 Å². The maximum absolute atomic E-state index is 14.2. The van der Waals surface area contributed by atoms with E-state index >= 15 is 0 Å². The molecule has 41 heavy (non-hydrogen) atoms. The molecule has 1 aliphatic heterocycles. The number of nitrogens with one attached hydrogen (secondary N) is 2. The second kappa shape index (κ2) is 9.66. The van der Waals surface area contributed by atoms with Gasteiger partial charge in [-0.1, -0.05) is 11.6 Å². The molecule has 0 aliphatic carbocycles. The lowest BCUT2D eigenvalue weighted by molar-refractivity contribution is -0.137. The van der Waals surface area contributed by atoms with Crippen LogP contribution in [0.3, 0.4) is 0 Å². The van der Waals surface area contributed by atoms with Gasteiger partial charge in [0, 0.05) is 63.3 Å². The summed E-state index contributed by atoms with van der Waals surface area (Å²) in [6, 6.07) is 7.03. The van der Waals surface area contributed by atoms with Crippen LogP contribution in [0.1, 0.15) is 43.4 Å². The smallest absolute Gasteiger partial charge is 0.341 e. The molecule has 3 aromatic carbocycles. The first kappa shape index (κ1) is 26.4. The van der Waals surface area contributed by atoms with Crippen molar-refractivity contribution >= 4 is 34.9 Å². The summed E-state index contributed by atoms with van der Waals surface area (Å²) in [4.78, 5) is 34.7. The van der Waals surface area contributed by atoms with Crippen molar-refractivity contribution < 1.29 is 31.5 Å². The highest BCUT2D eigenvalue weighted by molar-refractivity contribution is 6.31. The van der Waals surface area contributed by atoms with Crippen molar-refractivity contribution in [3.05, 3.63) is 118 Å². The molecule has 7 nitrogen and oxygen atoms in total. The Bertz CT molecular complexity index is 1890. The van der Waals surface area contributed by atoms with Gasteiger partial charge in [-0.05, 0) is 54.1 Å². The zero-order chi connectivity index (χ0) is 29.1. The number of anilines is 1. The molecule has 0 saturated carbocycles. The third kappa shape index (κ3) is 4.86. The van der Waals surface area contributed by atoms with Gasteiger partial charge in [-0.25, -0.2) is 18.7 Å². The van der Waals surface area contributed by atoms with Crippen LogP contribution in [0.5, 0.6) is 0 Å². The minimum atomic E-state index is -4.90. The fourth-order valence-electron chi connectivity index (χ4n) is 4.72. The second-order valence-electron chi connectivity index (χ2n) is 9.21. The number of fused-ring (bicyclic) bond motifs is 2. The Hall–Kier alpha value is -4.84. The molecule has 206 valence electrons. The van der Waals surface area contributed by atoms with Gasteiger partial charge < -0.3 is 10.6 Å². The van der Waals surface area contributed by atoms with E-state index in [0.717, 1.165) is 12.1 Å². The van der Waals surface area contributed by atoms with Crippen molar-refractivity contribution in [1.82, 2.24) is 19.7 Å². The van der Waals surface area contributed by atoms with Gasteiger partial charge in [0.1, 0.15) is 11.6 Å². The van der Waals surface area contributed by atoms with E-state index in [0.29, 0.717) is 29.0 Å². The average molecular weight is 584 g/mol. The number of amides is 2. The number of halogens is 6. The molecule has 1 aliphatic rings. The molecule has 1 atom stereocenters. The van der Waals surface area contributed by atoms with Crippen molar-refractivity contribution in [1.29, 1.82) is 0 Å². The predicted octanol–water partition coefficient (Wildman–Crippen LogP) is 6.43. The molecule has 0 fully saturated rings. The van der Waals surface area contributed by atoms with Gasteiger partial charge in [-0.15, -0.1) is 0 Å². The Morgan fingerprint density at radius 2 is 1.80 bits per heavy atom. The van der Waals surface area contributed by atoms with E-state index in [1.54, 1.807) is 16.8 Å². The topological polar surface area (TPSA) is 88.4 Å². The van der Waals surface area contributed by atoms with E-state index in [1.807, 2.05) is 0 Å². The molecule has 6 rings (SSSR count). The molecule has 2 N–H and O–H groups in total. The Morgan fingerprint density at radius 3 is 2.59 bits per heavy atom. The van der Waals surface area contributed by atoms with Crippen LogP contribution in [0.2, 0.25) is 5.02 Å². The summed E-state index contributed by atoms with van der Waals surface area (Å²) >= 11 is 6.32. The van der Waals surface area contributed by atoms with Gasteiger partial charge >= 0.3 is 6.18 Å². The summed E-state index contributed by atoms with van der Waals surface area (Å²) in [6.07, 6.45) is 1.46. The van der Waals surface area contributed by atoms with Gasteiger partial charge in [-0.3, -0.25) is 14.0 Å². The Kier molecular flexibility index (Phi) is 6.22. The first-order chi connectivity index (χ1) is 19.5. The van der Waals surface area contributed by atoms with Crippen LogP contribution in [0.4, 0.5) is 27.6 Å². The second-order valence-corrected chi connectivity index (χ2v) is 9.62. The highest BCUT2D eigenvalue weighted by Crippen LogP contribution is 2.42. The van der Waals surface area contributed by atoms with Gasteiger partial charge in [0.05, 0.1) is 11.6 Å². The summed E-state index contributed by atoms with van der Waals surface area (Å²) in [5, 5.41) is 5.36. The molecule has 5 aromatic rings. The van der Waals surface area contributed by atoms with Gasteiger partial charge in [0.15, 0.2) is 0 Å². The number of aromatic nitrogens is 3. The number of rotatable bonds is 4. The van der Waals surface area contributed by atoms with Crippen LogP contribution in [0, 0.1) is 11.6 Å². The monoisotopic (exact) mass is 583 g/mol. The molecule has 2 amide bonds. The summed E-state index contributed by atoms with van der Waals surface area (Å²) in [5.41, 5.74) is -0.521. The van der Waals surface area contributed by atoms with Gasteiger partial charge in [0.2, 0.25) is 5.78 Å². The predicted molar refractivity (Wildman–Crippen MR) is 138 cm³/mol. The number of carbonyl (C=O) groups excluding carboxylic acids is 2. The number of imidazole rings is 1. The lowest BCUT2D eigenvalue weighted by Crippen LogP contribution is -2.21. The first-order valence-corrected chi connectivity index (χ1v) is 12.3. The minimum Gasteiger partial charge on any atom is -0.341 e. The fraction of sp³-hybridized carbons (Fsp3) is 0.0714. The highest BCUT2D eigenvalue weighted by Gasteiger charge is 2.36. The Balaban J connectivity index is 1.51. The zero-order valence-corrected chi connectivity index (χ0v) is 21.2. The number of benzene rings is 3. The average Bonchev–Trinajstić information content (AvgIpc) is 3.53. The van der Waals surface area contributed by atoms with E-state index < -0.39 is 46.8 Å². The number of nitrogens with zero attached hydrogens (tertiary/aromatic N) is 3. The van der Waals surface area contributed by atoms with Crippen LogP contribution >= 0.6 is 11.6 Å². The molecule has 3 heterocycles. The molecular formula is C28H15ClF5N5O2. The lowest BCUT2D eigenvalue weighted by atomic mass is 9.93. The van der Waals surface area contributed by atoms with Crippen molar-refractivity contribution in [2.75, 3.05) is 5.32 Å². The van der Waals surface area contributed by atoms with Crippen LogP contribution in [-0.4, -0.2) is 26.2 Å². The van der Waals surface area contributed by atoms with Gasteiger partial charge in [0.25, 0.3) is 11.8 Å². The maximum Gasteiger partial charge on any atom is 0.416 e. The minimum absolute atomic E-state index is 0.00901. The van der Waals surface area contributed by atoms with Crippen molar-refractivity contribution in [3.8, 4) is 11.1 Å². The van der Waals surface area contributed by atoms with E-state index in [9.17, 15) is 31.5 Å². The van der Waals surface area contributed by atoms with E-state index in [2.05, 4.69) is 20.6 Å². The van der Waals surface area contributed by atoms with E-state index in [4.69, 9.17) is 11.6 Å². The number of hydrogen-bond acceptors (Lipinski definition) is 4. The summed E-state index contributed by atoms with van der Waals surface area (Å²) in [6.45, 7) is 0. The number of hydrogen-bond donors (Lipinski definition) is 2. The summed E-state index contributed by atoms with van der Waals surface area (Å²) < 4.78 is 69.8. The van der Waals surface area contributed by atoms with Crippen molar-refractivity contribution in [3.63, 3.8) is 0 Å². The quantitative estimate of drug-likeness (QED) is 0.239. The molecular weight excluding hydrogens is 569 g/mol. The largest absolute Gasteiger partial charge is 0.416 e. The molecule has 0 unspecified atom stereocenters. The molecule has 0 radical (unpaired) electrons. The normalized spacial score (nSPS) is 14.7. The van der Waals surface area contributed by atoms with Crippen LogP contribution in [0.15, 0.2) is 73.3 Å². The summed E-state index contributed by atoms with van der Waals surface area (Å²) in [5.74, 6) is -3.11. The van der Waals surface area contributed by atoms with Crippen LogP contribution in [-0.2, 0) is 6.18 Å². The Morgan fingerprint density at radius 1 is 1.00 bits per heavy atom. The first-order valence-electron chi connectivity index (χ1n) is 11.9. The fourth-order valence-corrected chi connectivity index (χ4v) is 4.94. The standard InChI is InChI=1S/C28H15ClF5N5O2/c29-21-2-1-17(30)10-19(21)24-23-20(26(41)38-24)7-13(15-11-36-27-35-3-4-39(27)12-15)8-22(23)37-25(40)14-5-16(28(32,33)34)9-18(31)6-14/h1-12,24H,(H,37,40)(H,38,41)/t24-/m1/s1. The third-order valence-electron chi connectivity index (χ3n) is 6.57. The van der Waals surface area contributed by atoms with Crippen molar-refractivity contribution in [2.24, 2.45) is 0 Å². The van der Waals surface area contributed by atoms with Crippen LogP contribution < -0.4 is 10.6 Å². The van der Waals surface area contributed by atoms with Crippen LogP contribution in [0.25, 0.3) is 16.9 Å². The molecule has 0 bridgehead atoms. The maximum atomic E-state index is 14.2. The third-order valence-corrected chi connectivity index (χ3v) is 6.92. The van der Waals surface area contributed by atoms with Crippen molar-refractivity contribution in [2.45, 2.75) is 12.2 Å².